The minimum Gasteiger partial charge on any atom is -0.462 e. The highest BCUT2D eigenvalue weighted by atomic mass is 16.5. The van der Waals surface area contributed by atoms with Crippen LogP contribution in [0, 0.1) is 0 Å². The van der Waals surface area contributed by atoms with Gasteiger partial charge >= 0.3 is 5.97 Å². The van der Waals surface area contributed by atoms with Gasteiger partial charge in [0.2, 0.25) is 0 Å². The molecule has 0 radical (unpaired) electrons. The molecule has 0 saturated heterocycles. The normalized spacial score (nSPS) is 11.3. The number of rotatable bonds is 35. The van der Waals surface area contributed by atoms with Crippen LogP contribution >= 0.6 is 0 Å². The van der Waals surface area contributed by atoms with Crippen molar-refractivity contribution in [1.82, 2.24) is 0 Å². The van der Waals surface area contributed by atoms with Crippen LogP contribution in [-0.4, -0.2) is 12.6 Å². The monoisotopic (exact) mass is 577 g/mol. The molecule has 0 saturated carbocycles. The fraction of sp³-hybridized carbons (Fsp3) is 0.923. The molecule has 41 heavy (non-hydrogen) atoms. The molecule has 0 rings (SSSR count). The van der Waals surface area contributed by atoms with Crippen molar-refractivity contribution < 1.29 is 9.53 Å². The number of carbonyl (C=O) groups excluding carboxylic acids is 1. The zero-order valence-corrected chi connectivity index (χ0v) is 28.6. The Bertz CT molecular complexity index is 526. The summed E-state index contributed by atoms with van der Waals surface area (Å²) in [6.45, 7) is 9.13. The largest absolute Gasteiger partial charge is 0.462 e. The summed E-state index contributed by atoms with van der Waals surface area (Å²) < 4.78 is 5.46. The van der Waals surface area contributed by atoms with E-state index >= 15 is 0 Å². The molecule has 0 unspecified atom stereocenters. The Morgan fingerprint density at radius 2 is 0.634 bits per heavy atom. The van der Waals surface area contributed by atoms with E-state index in [4.69, 9.17) is 4.74 Å². The molecule has 0 atom stereocenters. The molecule has 0 aliphatic heterocycles. The first kappa shape index (κ1) is 40.2. The van der Waals surface area contributed by atoms with Crippen LogP contribution < -0.4 is 0 Å². The van der Waals surface area contributed by atoms with Crippen molar-refractivity contribution in [3.05, 3.63) is 12.2 Å². The Hall–Kier alpha value is -0.790. The van der Waals surface area contributed by atoms with E-state index in [1.165, 1.54) is 193 Å². The maximum Gasteiger partial charge on any atom is 0.333 e. The molecule has 0 bridgehead atoms. The van der Waals surface area contributed by atoms with Gasteiger partial charge in [-0.2, -0.15) is 0 Å². The Balaban J connectivity index is 3.27. The number of unbranched alkanes of at least 4 members (excludes halogenated alkanes) is 30. The topological polar surface area (TPSA) is 26.3 Å². The van der Waals surface area contributed by atoms with Gasteiger partial charge < -0.3 is 4.74 Å². The van der Waals surface area contributed by atoms with E-state index in [1.807, 2.05) is 0 Å². The second kappa shape index (κ2) is 35.4. The van der Waals surface area contributed by atoms with Crippen LogP contribution in [0.4, 0.5) is 0 Å². The van der Waals surface area contributed by atoms with Crippen molar-refractivity contribution in [1.29, 1.82) is 0 Å². The van der Waals surface area contributed by atoms with Crippen molar-refractivity contribution in [2.45, 2.75) is 226 Å². The molecule has 0 spiro atoms. The van der Waals surface area contributed by atoms with Crippen molar-refractivity contribution in [3.63, 3.8) is 0 Å². The highest BCUT2D eigenvalue weighted by Crippen LogP contribution is 2.16. The quantitative estimate of drug-likeness (QED) is 0.0426. The van der Waals surface area contributed by atoms with Gasteiger partial charge in [-0.3, -0.25) is 0 Å². The zero-order chi connectivity index (χ0) is 29.9. The highest BCUT2D eigenvalue weighted by molar-refractivity contribution is 5.87. The fourth-order valence-corrected chi connectivity index (χ4v) is 5.91. The first-order valence-electron chi connectivity index (χ1n) is 19.1. The van der Waals surface area contributed by atoms with Gasteiger partial charge in [0, 0.05) is 5.57 Å². The average molecular weight is 577 g/mol. The second-order valence-electron chi connectivity index (χ2n) is 13.1. The molecule has 0 aromatic carbocycles. The first-order chi connectivity index (χ1) is 20.2. The number of hydrogen-bond acceptors (Lipinski definition) is 2. The van der Waals surface area contributed by atoms with Crippen molar-refractivity contribution in [2.75, 3.05) is 6.61 Å². The molecule has 0 fully saturated rings. The first-order valence-corrected chi connectivity index (χ1v) is 19.1. The minimum atomic E-state index is -0.160. The molecule has 0 aromatic rings. The summed E-state index contributed by atoms with van der Waals surface area (Å²) in [5.74, 6) is -0.160. The van der Waals surface area contributed by atoms with Crippen LogP contribution in [0.3, 0.4) is 0 Å². The van der Waals surface area contributed by atoms with Crippen LogP contribution in [0.15, 0.2) is 12.2 Å². The van der Waals surface area contributed by atoms with Gasteiger partial charge in [0.15, 0.2) is 0 Å². The molecule has 0 aromatic heterocycles. The van der Waals surface area contributed by atoms with Crippen LogP contribution in [0.1, 0.15) is 226 Å². The molecular weight excluding hydrogens is 500 g/mol. The van der Waals surface area contributed by atoms with Gasteiger partial charge in [-0.05, 0) is 19.3 Å². The van der Waals surface area contributed by atoms with E-state index in [2.05, 4.69) is 20.4 Å². The van der Waals surface area contributed by atoms with Crippen molar-refractivity contribution in [3.8, 4) is 0 Å². The van der Waals surface area contributed by atoms with E-state index in [0.717, 1.165) is 19.3 Å². The second-order valence-corrected chi connectivity index (χ2v) is 13.1. The summed E-state index contributed by atoms with van der Waals surface area (Å²) in [5, 5.41) is 0. The summed E-state index contributed by atoms with van der Waals surface area (Å²) in [6.07, 6.45) is 44.6. The molecule has 0 aliphatic rings. The molecule has 0 amide bonds. The van der Waals surface area contributed by atoms with Crippen molar-refractivity contribution >= 4 is 5.97 Å². The SMILES string of the molecule is C=C(CCCCCCCCCCCCCCCCCC)C(=O)OCCCCCCCCCCCCCCCCCC. The maximum atomic E-state index is 12.2. The zero-order valence-electron chi connectivity index (χ0n) is 28.6. The van der Waals surface area contributed by atoms with E-state index in [-0.39, 0.29) is 5.97 Å². The molecule has 244 valence electrons. The van der Waals surface area contributed by atoms with E-state index < -0.39 is 0 Å². The fourth-order valence-electron chi connectivity index (χ4n) is 5.91. The van der Waals surface area contributed by atoms with E-state index in [9.17, 15) is 4.79 Å². The van der Waals surface area contributed by atoms with E-state index in [0.29, 0.717) is 12.2 Å². The lowest BCUT2D eigenvalue weighted by atomic mass is 10.0. The molecular formula is C39H76O2. The third kappa shape index (κ3) is 33.6. The highest BCUT2D eigenvalue weighted by Gasteiger charge is 2.08. The van der Waals surface area contributed by atoms with Crippen LogP contribution in [0.5, 0.6) is 0 Å². The summed E-state index contributed by atoms with van der Waals surface area (Å²) in [4.78, 5) is 12.2. The Kier molecular flexibility index (Phi) is 34.7. The van der Waals surface area contributed by atoms with Gasteiger partial charge in [-0.15, -0.1) is 0 Å². The molecule has 0 heterocycles. The summed E-state index contributed by atoms with van der Waals surface area (Å²) in [7, 11) is 0. The van der Waals surface area contributed by atoms with E-state index in [1.54, 1.807) is 0 Å². The summed E-state index contributed by atoms with van der Waals surface area (Å²) in [5.41, 5.74) is 0.673. The predicted octanol–water partition coefficient (Wildman–Crippen LogP) is 14.0. The standard InChI is InChI=1S/C39H76O2/c1-4-6-8-10-12-14-16-18-20-22-24-26-28-30-32-34-36-38(3)39(40)41-37-35-33-31-29-27-25-23-21-19-17-15-13-11-9-7-5-2/h3-37H2,1-2H3. The number of carbonyl (C=O) groups is 1. The van der Waals surface area contributed by atoms with Gasteiger partial charge in [-0.25, -0.2) is 4.79 Å². The average Bonchev–Trinajstić information content (AvgIpc) is 2.98. The van der Waals surface area contributed by atoms with Crippen LogP contribution in [0.25, 0.3) is 0 Å². The maximum absolute atomic E-state index is 12.2. The molecule has 2 nitrogen and oxygen atoms in total. The van der Waals surface area contributed by atoms with Gasteiger partial charge in [0.05, 0.1) is 6.61 Å². The Morgan fingerprint density at radius 1 is 0.390 bits per heavy atom. The molecule has 0 aliphatic carbocycles. The molecule has 0 N–H and O–H groups in total. The van der Waals surface area contributed by atoms with Crippen LogP contribution in [0.2, 0.25) is 0 Å². The smallest absolute Gasteiger partial charge is 0.333 e. The van der Waals surface area contributed by atoms with Gasteiger partial charge in [-0.1, -0.05) is 213 Å². The Labute approximate surface area is 259 Å². The van der Waals surface area contributed by atoms with Crippen LogP contribution in [-0.2, 0) is 9.53 Å². The van der Waals surface area contributed by atoms with Gasteiger partial charge in [0.1, 0.15) is 0 Å². The number of hydrogen-bond donors (Lipinski definition) is 0. The third-order valence-corrected chi connectivity index (χ3v) is 8.85. The van der Waals surface area contributed by atoms with Gasteiger partial charge in [0.25, 0.3) is 0 Å². The summed E-state index contributed by atoms with van der Waals surface area (Å²) in [6, 6.07) is 0. The minimum absolute atomic E-state index is 0.160. The molecule has 2 heteroatoms. The number of ether oxygens (including phenoxy) is 1. The lowest BCUT2D eigenvalue weighted by Gasteiger charge is -2.08. The third-order valence-electron chi connectivity index (χ3n) is 8.85. The number of esters is 1. The van der Waals surface area contributed by atoms with Crippen molar-refractivity contribution in [2.24, 2.45) is 0 Å². The Morgan fingerprint density at radius 3 is 0.927 bits per heavy atom. The summed E-state index contributed by atoms with van der Waals surface area (Å²) >= 11 is 0. The lowest BCUT2D eigenvalue weighted by molar-refractivity contribution is -0.139. The lowest BCUT2D eigenvalue weighted by Crippen LogP contribution is -2.08. The predicted molar refractivity (Wildman–Crippen MR) is 184 cm³/mol.